The van der Waals surface area contributed by atoms with Crippen LogP contribution in [0.4, 0.5) is 14.6 Å². The van der Waals surface area contributed by atoms with Gasteiger partial charge in [-0.15, -0.1) is 0 Å². The summed E-state index contributed by atoms with van der Waals surface area (Å²) < 4.78 is 30.2. The zero-order valence-electron chi connectivity index (χ0n) is 13.1. The molecule has 0 saturated heterocycles. The predicted molar refractivity (Wildman–Crippen MR) is 88.2 cm³/mol. The van der Waals surface area contributed by atoms with Gasteiger partial charge in [0.05, 0.1) is 5.56 Å². The molecule has 2 N–H and O–H groups in total. The second-order valence-corrected chi connectivity index (χ2v) is 6.56. The SMILES string of the molecule is CC(C)n1c(=O)[nH]c2c(c1=O)CC(F)(F)[C@H](c1cccc(Cl)c1)N2. The van der Waals surface area contributed by atoms with Crippen LogP contribution in [-0.4, -0.2) is 15.5 Å². The molecule has 0 radical (unpaired) electrons. The van der Waals surface area contributed by atoms with E-state index in [0.717, 1.165) is 4.57 Å². The molecule has 128 valence electrons. The smallest absolute Gasteiger partial charge is 0.330 e. The van der Waals surface area contributed by atoms with Crippen molar-refractivity contribution in [3.8, 4) is 0 Å². The quantitative estimate of drug-likeness (QED) is 0.869. The van der Waals surface area contributed by atoms with E-state index in [4.69, 9.17) is 11.6 Å². The molecule has 0 aliphatic carbocycles. The molecule has 0 fully saturated rings. The highest BCUT2D eigenvalue weighted by Gasteiger charge is 2.46. The van der Waals surface area contributed by atoms with E-state index >= 15 is 0 Å². The van der Waals surface area contributed by atoms with Gasteiger partial charge in [-0.3, -0.25) is 14.3 Å². The van der Waals surface area contributed by atoms with E-state index in [1.54, 1.807) is 26.0 Å². The lowest BCUT2D eigenvalue weighted by molar-refractivity contribution is -0.0234. The van der Waals surface area contributed by atoms with Gasteiger partial charge in [0.15, 0.2) is 0 Å². The standard InChI is InChI=1S/C16H16ClF2N3O2/c1-8(2)22-14(23)11-7-16(18,19)12(20-13(11)21-15(22)24)9-4-3-5-10(17)6-9/h3-6,8,12,20H,7H2,1-2H3,(H,21,24)/t12-/m0/s1. The predicted octanol–water partition coefficient (Wildman–Crippen LogP) is 3.12. The van der Waals surface area contributed by atoms with Crippen LogP contribution in [0.1, 0.15) is 37.1 Å². The number of halogens is 3. The Labute approximate surface area is 141 Å². The highest BCUT2D eigenvalue weighted by Crippen LogP contribution is 2.41. The lowest BCUT2D eigenvalue weighted by Gasteiger charge is -2.34. The summed E-state index contributed by atoms with van der Waals surface area (Å²) in [6, 6.07) is 4.31. The number of aromatic amines is 1. The number of alkyl halides is 2. The fourth-order valence-corrected chi connectivity index (χ4v) is 3.14. The second-order valence-electron chi connectivity index (χ2n) is 6.12. The molecular formula is C16H16ClF2N3O2. The fourth-order valence-electron chi connectivity index (χ4n) is 2.94. The third-order valence-electron chi connectivity index (χ3n) is 4.05. The van der Waals surface area contributed by atoms with Gasteiger partial charge in [0.2, 0.25) is 0 Å². The first-order chi connectivity index (χ1) is 11.2. The number of hydrogen-bond donors (Lipinski definition) is 2. The molecule has 0 unspecified atom stereocenters. The minimum Gasteiger partial charge on any atom is -0.359 e. The summed E-state index contributed by atoms with van der Waals surface area (Å²) >= 11 is 5.88. The molecule has 0 saturated carbocycles. The average molecular weight is 356 g/mol. The maximum atomic E-state index is 14.6. The molecule has 0 bridgehead atoms. The topological polar surface area (TPSA) is 66.9 Å². The zero-order valence-corrected chi connectivity index (χ0v) is 13.8. The average Bonchev–Trinajstić information content (AvgIpc) is 2.47. The van der Waals surface area contributed by atoms with Crippen molar-refractivity contribution in [2.24, 2.45) is 0 Å². The first-order valence-corrected chi connectivity index (χ1v) is 7.86. The van der Waals surface area contributed by atoms with Crippen molar-refractivity contribution in [2.75, 3.05) is 5.32 Å². The zero-order chi connectivity index (χ0) is 17.6. The maximum Gasteiger partial charge on any atom is 0.330 e. The number of anilines is 1. The van der Waals surface area contributed by atoms with Crippen LogP contribution >= 0.6 is 11.6 Å². The van der Waals surface area contributed by atoms with Gasteiger partial charge in [-0.1, -0.05) is 23.7 Å². The first kappa shape index (κ1) is 16.7. The van der Waals surface area contributed by atoms with E-state index in [9.17, 15) is 18.4 Å². The lowest BCUT2D eigenvalue weighted by atomic mass is 9.92. The third-order valence-corrected chi connectivity index (χ3v) is 4.29. The van der Waals surface area contributed by atoms with Gasteiger partial charge in [-0.25, -0.2) is 13.6 Å². The van der Waals surface area contributed by atoms with Crippen LogP contribution in [0.15, 0.2) is 33.9 Å². The summed E-state index contributed by atoms with van der Waals surface area (Å²) in [5, 5.41) is 2.93. The monoisotopic (exact) mass is 355 g/mol. The molecule has 5 nitrogen and oxygen atoms in total. The molecule has 8 heteroatoms. The number of aromatic nitrogens is 2. The number of fused-ring (bicyclic) bond motifs is 1. The Kier molecular flexibility index (Phi) is 3.99. The molecule has 1 aliphatic rings. The van der Waals surface area contributed by atoms with Gasteiger partial charge in [0.1, 0.15) is 11.9 Å². The van der Waals surface area contributed by atoms with E-state index in [0.29, 0.717) is 5.02 Å². The van der Waals surface area contributed by atoms with Crippen LogP contribution in [0.5, 0.6) is 0 Å². The molecule has 24 heavy (non-hydrogen) atoms. The van der Waals surface area contributed by atoms with Crippen LogP contribution in [0.25, 0.3) is 0 Å². The molecule has 2 heterocycles. The fraction of sp³-hybridized carbons (Fsp3) is 0.375. The number of benzene rings is 1. The van der Waals surface area contributed by atoms with Crippen molar-refractivity contribution in [2.45, 2.75) is 38.3 Å². The van der Waals surface area contributed by atoms with Crippen molar-refractivity contribution in [1.82, 2.24) is 9.55 Å². The number of nitrogens with zero attached hydrogens (tertiary/aromatic N) is 1. The first-order valence-electron chi connectivity index (χ1n) is 7.48. The number of nitrogens with one attached hydrogen (secondary N) is 2. The number of hydrogen-bond acceptors (Lipinski definition) is 3. The summed E-state index contributed by atoms with van der Waals surface area (Å²) in [7, 11) is 0. The Morgan fingerprint density at radius 3 is 2.67 bits per heavy atom. The van der Waals surface area contributed by atoms with Crippen molar-refractivity contribution < 1.29 is 8.78 Å². The van der Waals surface area contributed by atoms with Crippen molar-refractivity contribution >= 4 is 17.4 Å². The lowest BCUT2D eigenvalue weighted by Crippen LogP contribution is -2.46. The van der Waals surface area contributed by atoms with Gasteiger partial charge in [-0.05, 0) is 31.5 Å². The largest absolute Gasteiger partial charge is 0.359 e. The summed E-state index contributed by atoms with van der Waals surface area (Å²) in [5.74, 6) is -3.16. The Morgan fingerprint density at radius 2 is 2.04 bits per heavy atom. The van der Waals surface area contributed by atoms with Crippen molar-refractivity contribution in [3.63, 3.8) is 0 Å². The highest BCUT2D eigenvalue weighted by atomic mass is 35.5. The summed E-state index contributed by atoms with van der Waals surface area (Å²) in [4.78, 5) is 27.0. The van der Waals surface area contributed by atoms with Gasteiger partial charge in [0.25, 0.3) is 11.5 Å². The summed E-state index contributed by atoms with van der Waals surface area (Å²) in [6.07, 6.45) is -0.755. The Morgan fingerprint density at radius 1 is 1.33 bits per heavy atom. The van der Waals surface area contributed by atoms with Crippen molar-refractivity contribution in [3.05, 3.63) is 61.3 Å². The van der Waals surface area contributed by atoms with Crippen molar-refractivity contribution in [1.29, 1.82) is 0 Å². The van der Waals surface area contributed by atoms with Crippen LogP contribution in [0, 0.1) is 0 Å². The molecular weight excluding hydrogens is 340 g/mol. The number of H-pyrrole nitrogens is 1. The summed E-state index contributed by atoms with van der Waals surface area (Å²) in [6.45, 7) is 3.29. The molecule has 1 aliphatic heterocycles. The van der Waals surface area contributed by atoms with Gasteiger partial charge >= 0.3 is 5.69 Å². The Hall–Kier alpha value is -2.15. The van der Waals surface area contributed by atoms with E-state index in [1.165, 1.54) is 12.1 Å². The molecule has 1 aromatic heterocycles. The van der Waals surface area contributed by atoms with Crippen LogP contribution in [0.3, 0.4) is 0 Å². The van der Waals surface area contributed by atoms with Crippen LogP contribution in [0.2, 0.25) is 5.02 Å². The third kappa shape index (κ3) is 2.73. The van der Waals surface area contributed by atoms with E-state index in [-0.39, 0.29) is 16.9 Å². The second kappa shape index (κ2) is 5.73. The van der Waals surface area contributed by atoms with Gasteiger partial charge < -0.3 is 5.32 Å². The molecule has 3 rings (SSSR count). The highest BCUT2D eigenvalue weighted by molar-refractivity contribution is 6.30. The van der Waals surface area contributed by atoms with Crippen LogP contribution in [-0.2, 0) is 6.42 Å². The van der Waals surface area contributed by atoms with E-state index < -0.39 is 35.7 Å². The number of rotatable bonds is 2. The van der Waals surface area contributed by atoms with E-state index in [2.05, 4.69) is 10.3 Å². The summed E-state index contributed by atoms with van der Waals surface area (Å²) in [5.41, 5.74) is -1.16. The van der Waals surface area contributed by atoms with E-state index in [1.807, 2.05) is 0 Å². The van der Waals surface area contributed by atoms with Gasteiger partial charge in [-0.2, -0.15) is 0 Å². The van der Waals surface area contributed by atoms with Crippen LogP contribution < -0.4 is 16.6 Å². The normalized spacial score (nSPS) is 19.0. The molecule has 1 aromatic carbocycles. The molecule has 1 atom stereocenters. The molecule has 2 aromatic rings. The van der Waals surface area contributed by atoms with Gasteiger partial charge in [0, 0.05) is 17.5 Å². The maximum absolute atomic E-state index is 14.6. The molecule has 0 spiro atoms. The minimum atomic E-state index is -3.20. The Bertz CT molecular complexity index is 905. The molecule has 0 amide bonds. The Balaban J connectivity index is 2.14. The minimum absolute atomic E-state index is 0.0396.